The van der Waals surface area contributed by atoms with Gasteiger partial charge in [-0.2, -0.15) is 5.26 Å². The molecule has 0 spiro atoms. The molecule has 1 amide bonds. The lowest BCUT2D eigenvalue weighted by molar-refractivity contribution is -0.384. The molecule has 0 aromatic heterocycles. The third-order valence-corrected chi connectivity index (χ3v) is 3.11. The van der Waals surface area contributed by atoms with E-state index in [9.17, 15) is 20.2 Å². The summed E-state index contributed by atoms with van der Waals surface area (Å²) in [6, 6.07) is 14.2. The van der Waals surface area contributed by atoms with E-state index in [0.717, 1.165) is 0 Å². The zero-order chi connectivity index (χ0) is 17.5. The maximum atomic E-state index is 12.2. The van der Waals surface area contributed by atoms with E-state index in [1.165, 1.54) is 31.4 Å². The maximum Gasteiger partial charge on any atom is 0.270 e. The third kappa shape index (κ3) is 3.96. The standard InChI is InChI=1S/C17H13N3O4/c1-24-16-8-3-2-7-15(16)19-17(21)13(11-18)9-12-5-4-6-14(10-12)20(22)23/h2-10H,1H3,(H,19,21)/b13-9+. The summed E-state index contributed by atoms with van der Waals surface area (Å²) in [6.45, 7) is 0. The molecule has 0 aliphatic heterocycles. The zero-order valence-corrected chi connectivity index (χ0v) is 12.7. The number of hydrogen-bond donors (Lipinski definition) is 1. The number of anilines is 1. The highest BCUT2D eigenvalue weighted by Gasteiger charge is 2.13. The lowest BCUT2D eigenvalue weighted by atomic mass is 10.1. The van der Waals surface area contributed by atoms with Crippen molar-refractivity contribution >= 4 is 23.4 Å². The van der Waals surface area contributed by atoms with Crippen molar-refractivity contribution in [3.8, 4) is 11.8 Å². The largest absolute Gasteiger partial charge is 0.495 e. The second-order valence-electron chi connectivity index (χ2n) is 4.68. The predicted octanol–water partition coefficient (Wildman–Crippen LogP) is 3.15. The number of nitrogens with zero attached hydrogens (tertiary/aromatic N) is 2. The first-order valence-corrected chi connectivity index (χ1v) is 6.85. The topological polar surface area (TPSA) is 105 Å². The van der Waals surface area contributed by atoms with Gasteiger partial charge in [-0.25, -0.2) is 0 Å². The van der Waals surface area contributed by atoms with Crippen LogP contribution in [0.5, 0.6) is 5.75 Å². The molecule has 0 saturated carbocycles. The third-order valence-electron chi connectivity index (χ3n) is 3.11. The van der Waals surface area contributed by atoms with Crippen LogP contribution in [0.2, 0.25) is 0 Å². The number of nitro benzene ring substituents is 1. The molecular formula is C17H13N3O4. The summed E-state index contributed by atoms with van der Waals surface area (Å²) in [5.74, 6) is -0.174. The molecule has 7 heteroatoms. The fourth-order valence-corrected chi connectivity index (χ4v) is 1.98. The minimum atomic E-state index is -0.631. The lowest BCUT2D eigenvalue weighted by Crippen LogP contribution is -2.14. The fraction of sp³-hybridized carbons (Fsp3) is 0.0588. The summed E-state index contributed by atoms with van der Waals surface area (Å²) in [7, 11) is 1.47. The number of non-ortho nitro benzene ring substituents is 1. The lowest BCUT2D eigenvalue weighted by Gasteiger charge is -2.09. The van der Waals surface area contributed by atoms with Crippen LogP contribution in [-0.4, -0.2) is 17.9 Å². The number of rotatable bonds is 5. The van der Waals surface area contributed by atoms with Gasteiger partial charge in [0, 0.05) is 12.1 Å². The van der Waals surface area contributed by atoms with E-state index < -0.39 is 10.8 Å². The van der Waals surface area contributed by atoms with Crippen LogP contribution in [0, 0.1) is 21.4 Å². The Hall–Kier alpha value is -3.66. The number of ether oxygens (including phenoxy) is 1. The Bertz CT molecular complexity index is 853. The molecule has 2 aromatic carbocycles. The number of para-hydroxylation sites is 2. The van der Waals surface area contributed by atoms with Crippen molar-refractivity contribution in [3.63, 3.8) is 0 Å². The number of nitrogens with one attached hydrogen (secondary N) is 1. The molecule has 2 rings (SSSR count). The molecule has 0 aliphatic rings. The fourth-order valence-electron chi connectivity index (χ4n) is 1.98. The highest BCUT2D eigenvalue weighted by Crippen LogP contribution is 2.24. The average Bonchev–Trinajstić information content (AvgIpc) is 2.60. The first kappa shape index (κ1) is 16.7. The average molecular weight is 323 g/mol. The highest BCUT2D eigenvalue weighted by molar-refractivity contribution is 6.10. The Kier molecular flexibility index (Phi) is 5.26. The Balaban J connectivity index is 2.27. The monoisotopic (exact) mass is 323 g/mol. The van der Waals surface area contributed by atoms with Gasteiger partial charge >= 0.3 is 0 Å². The van der Waals surface area contributed by atoms with E-state index in [-0.39, 0.29) is 11.3 Å². The maximum absolute atomic E-state index is 12.2. The minimum absolute atomic E-state index is 0.119. The number of benzene rings is 2. The summed E-state index contributed by atoms with van der Waals surface area (Å²) in [5, 5.41) is 22.6. The minimum Gasteiger partial charge on any atom is -0.495 e. The Morgan fingerprint density at radius 2 is 2.04 bits per heavy atom. The van der Waals surface area contributed by atoms with Crippen LogP contribution in [-0.2, 0) is 4.79 Å². The van der Waals surface area contributed by atoms with E-state index in [2.05, 4.69) is 5.32 Å². The molecule has 0 bridgehead atoms. The molecule has 0 saturated heterocycles. The van der Waals surface area contributed by atoms with Crippen LogP contribution in [0.1, 0.15) is 5.56 Å². The Labute approximate surface area is 137 Å². The van der Waals surface area contributed by atoms with Gasteiger partial charge in [0.25, 0.3) is 11.6 Å². The molecule has 2 aromatic rings. The number of amides is 1. The molecule has 1 N–H and O–H groups in total. The molecule has 0 unspecified atom stereocenters. The van der Waals surface area contributed by atoms with Crippen molar-refractivity contribution in [1.82, 2.24) is 0 Å². The van der Waals surface area contributed by atoms with Crippen LogP contribution < -0.4 is 10.1 Å². The van der Waals surface area contributed by atoms with Crippen molar-refractivity contribution in [2.45, 2.75) is 0 Å². The van der Waals surface area contributed by atoms with Gasteiger partial charge in [0.2, 0.25) is 0 Å². The van der Waals surface area contributed by atoms with E-state index >= 15 is 0 Å². The van der Waals surface area contributed by atoms with E-state index in [1.807, 2.05) is 0 Å². The van der Waals surface area contributed by atoms with Crippen molar-refractivity contribution in [3.05, 3.63) is 69.8 Å². The molecule has 24 heavy (non-hydrogen) atoms. The Morgan fingerprint density at radius 1 is 1.29 bits per heavy atom. The zero-order valence-electron chi connectivity index (χ0n) is 12.7. The molecule has 0 heterocycles. The molecule has 0 aliphatic carbocycles. The second-order valence-corrected chi connectivity index (χ2v) is 4.68. The van der Waals surface area contributed by atoms with Crippen LogP contribution in [0.25, 0.3) is 6.08 Å². The van der Waals surface area contributed by atoms with Gasteiger partial charge in [-0.15, -0.1) is 0 Å². The van der Waals surface area contributed by atoms with E-state index in [0.29, 0.717) is 17.0 Å². The van der Waals surface area contributed by atoms with Gasteiger partial charge in [-0.1, -0.05) is 24.3 Å². The quantitative estimate of drug-likeness (QED) is 0.394. The van der Waals surface area contributed by atoms with Crippen molar-refractivity contribution in [2.75, 3.05) is 12.4 Å². The van der Waals surface area contributed by atoms with Crippen LogP contribution in [0.15, 0.2) is 54.1 Å². The van der Waals surface area contributed by atoms with Crippen molar-refractivity contribution in [1.29, 1.82) is 5.26 Å². The highest BCUT2D eigenvalue weighted by atomic mass is 16.6. The molecule has 120 valence electrons. The molecule has 0 atom stereocenters. The summed E-state index contributed by atoms with van der Waals surface area (Å²) in [5.41, 5.74) is 0.508. The van der Waals surface area contributed by atoms with Crippen LogP contribution in [0.4, 0.5) is 11.4 Å². The first-order chi connectivity index (χ1) is 11.5. The van der Waals surface area contributed by atoms with E-state index in [4.69, 9.17) is 4.74 Å². The van der Waals surface area contributed by atoms with Gasteiger partial charge in [-0.3, -0.25) is 14.9 Å². The number of nitriles is 1. The normalized spacial score (nSPS) is 10.6. The van der Waals surface area contributed by atoms with Crippen molar-refractivity contribution < 1.29 is 14.5 Å². The Morgan fingerprint density at radius 3 is 2.71 bits per heavy atom. The van der Waals surface area contributed by atoms with Crippen molar-refractivity contribution in [2.24, 2.45) is 0 Å². The number of carbonyl (C=O) groups is 1. The molecule has 7 nitrogen and oxygen atoms in total. The summed E-state index contributed by atoms with van der Waals surface area (Å²) in [6.07, 6.45) is 1.29. The van der Waals surface area contributed by atoms with Gasteiger partial charge < -0.3 is 10.1 Å². The van der Waals surface area contributed by atoms with Gasteiger partial charge in [-0.05, 0) is 23.8 Å². The predicted molar refractivity (Wildman–Crippen MR) is 88.3 cm³/mol. The first-order valence-electron chi connectivity index (χ1n) is 6.85. The summed E-state index contributed by atoms with van der Waals surface area (Å²) >= 11 is 0. The molecule has 0 fully saturated rings. The van der Waals surface area contributed by atoms with Gasteiger partial charge in [0.15, 0.2) is 0 Å². The van der Waals surface area contributed by atoms with Gasteiger partial charge in [0.05, 0.1) is 17.7 Å². The SMILES string of the molecule is COc1ccccc1NC(=O)/C(C#N)=C/c1cccc([N+](=O)[O-])c1. The van der Waals surface area contributed by atoms with Crippen LogP contribution >= 0.6 is 0 Å². The summed E-state index contributed by atoms with van der Waals surface area (Å²) < 4.78 is 5.13. The number of carbonyl (C=O) groups excluding carboxylic acids is 1. The summed E-state index contributed by atoms with van der Waals surface area (Å²) in [4.78, 5) is 22.5. The smallest absolute Gasteiger partial charge is 0.270 e. The number of nitro groups is 1. The van der Waals surface area contributed by atoms with Crippen LogP contribution in [0.3, 0.4) is 0 Å². The molecule has 0 radical (unpaired) electrons. The van der Waals surface area contributed by atoms with E-state index in [1.54, 1.807) is 36.4 Å². The number of hydrogen-bond acceptors (Lipinski definition) is 5. The number of methoxy groups -OCH3 is 1. The van der Waals surface area contributed by atoms with Gasteiger partial charge in [0.1, 0.15) is 17.4 Å². The molecular weight excluding hydrogens is 310 g/mol. The second kappa shape index (κ2) is 7.56.